The van der Waals surface area contributed by atoms with E-state index in [9.17, 15) is 4.79 Å². The minimum absolute atomic E-state index is 0.289. The van der Waals surface area contributed by atoms with Crippen molar-refractivity contribution in [1.82, 2.24) is 0 Å². The normalized spacial score (nSPS) is 22.1. The lowest BCUT2D eigenvalue weighted by Crippen LogP contribution is -2.14. The van der Waals surface area contributed by atoms with Gasteiger partial charge in [0.15, 0.2) is 5.78 Å². The maximum atomic E-state index is 11.5. The van der Waals surface area contributed by atoms with Crippen molar-refractivity contribution in [3.05, 3.63) is 29.8 Å². The monoisotopic (exact) mass is 178 g/mol. The first-order chi connectivity index (χ1) is 5.77. The molecule has 2 rings (SSSR count). The van der Waals surface area contributed by atoms with Gasteiger partial charge >= 0.3 is 0 Å². The third-order valence-electron chi connectivity index (χ3n) is 1.99. The van der Waals surface area contributed by atoms with Crippen LogP contribution in [0.1, 0.15) is 23.7 Å². The Morgan fingerprint density at radius 2 is 2.17 bits per heavy atom. The average Bonchev–Trinajstić information content (AvgIpc) is 2.04. The van der Waals surface area contributed by atoms with Crippen LogP contribution in [0, 0.1) is 0 Å². The van der Waals surface area contributed by atoms with Crippen LogP contribution >= 0.6 is 11.8 Å². The van der Waals surface area contributed by atoms with Gasteiger partial charge in [-0.2, -0.15) is 0 Å². The predicted molar refractivity (Wildman–Crippen MR) is 50.7 cm³/mol. The molecule has 1 atom stereocenters. The summed E-state index contributed by atoms with van der Waals surface area (Å²) in [5.74, 6) is 0.289. The van der Waals surface area contributed by atoms with Crippen LogP contribution < -0.4 is 0 Å². The fourth-order valence-electron chi connectivity index (χ4n) is 1.43. The Morgan fingerprint density at radius 1 is 1.42 bits per heavy atom. The van der Waals surface area contributed by atoms with Crippen LogP contribution in [0.2, 0.25) is 0 Å². The molecular formula is C10H10OS. The zero-order valence-electron chi connectivity index (χ0n) is 6.91. The number of rotatable bonds is 0. The molecule has 0 aromatic heterocycles. The molecule has 0 bridgehead atoms. The molecule has 0 saturated carbocycles. The fourth-order valence-corrected chi connectivity index (χ4v) is 2.56. The van der Waals surface area contributed by atoms with E-state index < -0.39 is 0 Å². The van der Waals surface area contributed by atoms with Crippen molar-refractivity contribution in [3.63, 3.8) is 0 Å². The molecule has 1 heterocycles. The van der Waals surface area contributed by atoms with Crippen LogP contribution in [0.15, 0.2) is 29.2 Å². The Bertz CT molecular complexity index is 319. The van der Waals surface area contributed by atoms with Gasteiger partial charge in [0.25, 0.3) is 0 Å². The van der Waals surface area contributed by atoms with Gasteiger partial charge in [0, 0.05) is 22.1 Å². The summed E-state index contributed by atoms with van der Waals surface area (Å²) in [6.45, 7) is 2.10. The molecule has 0 spiro atoms. The van der Waals surface area contributed by atoms with E-state index in [4.69, 9.17) is 0 Å². The molecule has 12 heavy (non-hydrogen) atoms. The predicted octanol–water partition coefficient (Wildman–Crippen LogP) is 2.75. The van der Waals surface area contributed by atoms with E-state index in [1.165, 1.54) is 0 Å². The van der Waals surface area contributed by atoms with E-state index in [-0.39, 0.29) is 5.78 Å². The van der Waals surface area contributed by atoms with Crippen LogP contribution in [0.4, 0.5) is 0 Å². The van der Waals surface area contributed by atoms with Crippen LogP contribution in [-0.4, -0.2) is 11.0 Å². The van der Waals surface area contributed by atoms with Gasteiger partial charge < -0.3 is 0 Å². The highest BCUT2D eigenvalue weighted by Crippen LogP contribution is 2.34. The summed E-state index contributed by atoms with van der Waals surface area (Å²) in [7, 11) is 0. The van der Waals surface area contributed by atoms with Gasteiger partial charge in [-0.05, 0) is 6.07 Å². The summed E-state index contributed by atoms with van der Waals surface area (Å²) >= 11 is 1.79. The largest absolute Gasteiger partial charge is 0.294 e. The molecule has 1 unspecified atom stereocenters. The second-order valence-corrected chi connectivity index (χ2v) is 4.53. The summed E-state index contributed by atoms with van der Waals surface area (Å²) in [5, 5.41) is 0.437. The lowest BCUT2D eigenvalue weighted by molar-refractivity contribution is 0.0978. The Labute approximate surface area is 76.2 Å². The minimum atomic E-state index is 0.289. The molecule has 2 heteroatoms. The van der Waals surface area contributed by atoms with Gasteiger partial charge in [-0.1, -0.05) is 25.1 Å². The maximum absolute atomic E-state index is 11.5. The standard InChI is InChI=1S/C10H10OS/c1-7-6-9(11)8-4-2-3-5-10(8)12-7/h2-5,7H,6H2,1H3. The van der Waals surface area contributed by atoms with Gasteiger partial charge in [0.05, 0.1) is 0 Å². The minimum Gasteiger partial charge on any atom is -0.294 e. The number of carbonyl (C=O) groups is 1. The lowest BCUT2D eigenvalue weighted by Gasteiger charge is -2.18. The van der Waals surface area contributed by atoms with E-state index in [0.717, 1.165) is 10.5 Å². The highest BCUT2D eigenvalue weighted by atomic mass is 32.2. The van der Waals surface area contributed by atoms with E-state index in [1.54, 1.807) is 11.8 Å². The summed E-state index contributed by atoms with van der Waals surface area (Å²) in [6, 6.07) is 7.84. The first-order valence-corrected chi connectivity index (χ1v) is 4.94. The van der Waals surface area contributed by atoms with E-state index in [0.29, 0.717) is 11.7 Å². The Hall–Kier alpha value is -0.760. The summed E-state index contributed by atoms with van der Waals surface area (Å²) in [4.78, 5) is 12.6. The third-order valence-corrected chi connectivity index (χ3v) is 3.17. The second-order valence-electron chi connectivity index (χ2n) is 3.05. The van der Waals surface area contributed by atoms with Crippen LogP contribution in [0.25, 0.3) is 0 Å². The Kier molecular flexibility index (Phi) is 1.93. The molecule has 0 radical (unpaired) electrons. The van der Waals surface area contributed by atoms with E-state index >= 15 is 0 Å². The van der Waals surface area contributed by atoms with E-state index in [1.807, 2.05) is 24.3 Å². The Morgan fingerprint density at radius 3 is 3.00 bits per heavy atom. The van der Waals surface area contributed by atoms with Crippen LogP contribution in [-0.2, 0) is 0 Å². The molecule has 62 valence electrons. The molecule has 1 aromatic rings. The molecule has 0 amide bonds. The third kappa shape index (κ3) is 1.27. The van der Waals surface area contributed by atoms with E-state index in [2.05, 4.69) is 6.92 Å². The van der Waals surface area contributed by atoms with Gasteiger partial charge in [-0.3, -0.25) is 4.79 Å². The molecule has 1 nitrogen and oxygen atoms in total. The van der Waals surface area contributed by atoms with Gasteiger partial charge in [-0.15, -0.1) is 11.8 Å². The summed E-state index contributed by atoms with van der Waals surface area (Å²) in [6.07, 6.45) is 0.682. The quantitative estimate of drug-likeness (QED) is 0.607. The molecular weight excluding hydrogens is 168 g/mol. The van der Waals surface area contributed by atoms with Crippen molar-refractivity contribution in [2.45, 2.75) is 23.5 Å². The number of fused-ring (bicyclic) bond motifs is 1. The maximum Gasteiger partial charge on any atom is 0.165 e. The van der Waals surface area contributed by atoms with Crippen molar-refractivity contribution >= 4 is 17.5 Å². The summed E-state index contributed by atoms with van der Waals surface area (Å²) in [5.41, 5.74) is 0.903. The van der Waals surface area contributed by atoms with Gasteiger partial charge in [-0.25, -0.2) is 0 Å². The zero-order valence-corrected chi connectivity index (χ0v) is 7.73. The highest BCUT2D eigenvalue weighted by molar-refractivity contribution is 8.00. The zero-order chi connectivity index (χ0) is 8.55. The number of ketones is 1. The highest BCUT2D eigenvalue weighted by Gasteiger charge is 2.21. The Balaban J connectivity index is 2.47. The molecule has 0 fully saturated rings. The number of benzene rings is 1. The van der Waals surface area contributed by atoms with Crippen molar-refractivity contribution < 1.29 is 4.79 Å². The van der Waals surface area contributed by atoms with Gasteiger partial charge in [0.1, 0.15) is 0 Å². The first-order valence-electron chi connectivity index (χ1n) is 4.06. The molecule has 0 N–H and O–H groups in total. The molecule has 0 saturated heterocycles. The average molecular weight is 178 g/mol. The number of hydrogen-bond acceptors (Lipinski definition) is 2. The fraction of sp³-hybridized carbons (Fsp3) is 0.300. The number of thioether (sulfide) groups is 1. The second kappa shape index (κ2) is 2.94. The van der Waals surface area contributed by atoms with Crippen LogP contribution in [0.5, 0.6) is 0 Å². The molecule has 1 aliphatic rings. The SMILES string of the molecule is CC1CC(=O)c2ccccc2S1. The van der Waals surface area contributed by atoms with Crippen molar-refractivity contribution in [3.8, 4) is 0 Å². The molecule has 1 aliphatic heterocycles. The lowest BCUT2D eigenvalue weighted by atomic mass is 10.1. The summed E-state index contributed by atoms with van der Waals surface area (Å²) < 4.78 is 0. The van der Waals surface area contributed by atoms with Crippen molar-refractivity contribution in [2.24, 2.45) is 0 Å². The smallest absolute Gasteiger partial charge is 0.165 e. The number of hydrogen-bond donors (Lipinski definition) is 0. The van der Waals surface area contributed by atoms with Gasteiger partial charge in [0.2, 0.25) is 0 Å². The molecule has 0 aliphatic carbocycles. The number of carbonyl (C=O) groups excluding carboxylic acids is 1. The van der Waals surface area contributed by atoms with Crippen molar-refractivity contribution in [2.75, 3.05) is 0 Å². The first kappa shape index (κ1) is 7.87. The number of Topliss-reactive ketones (excluding diaryl/α,β-unsaturated/α-hetero) is 1. The topological polar surface area (TPSA) is 17.1 Å². The van der Waals surface area contributed by atoms with Crippen molar-refractivity contribution in [1.29, 1.82) is 0 Å². The molecule has 1 aromatic carbocycles. The van der Waals surface area contributed by atoms with Crippen LogP contribution in [0.3, 0.4) is 0 Å².